The van der Waals surface area contributed by atoms with Crippen molar-refractivity contribution in [3.05, 3.63) is 33.9 Å². The van der Waals surface area contributed by atoms with Gasteiger partial charge in [0.25, 0.3) is 11.8 Å². The van der Waals surface area contributed by atoms with Gasteiger partial charge in [0.2, 0.25) is 0 Å². The van der Waals surface area contributed by atoms with Crippen LogP contribution in [-0.4, -0.2) is 32.2 Å². The van der Waals surface area contributed by atoms with Crippen molar-refractivity contribution in [1.29, 1.82) is 0 Å². The number of hydrogen-bond acceptors (Lipinski definition) is 4. The number of nitrogens with two attached hydrogens (primary N) is 2. The van der Waals surface area contributed by atoms with Crippen LogP contribution in [-0.2, 0) is 34.1 Å². The van der Waals surface area contributed by atoms with Gasteiger partial charge in [-0.1, -0.05) is 0 Å². The van der Waals surface area contributed by atoms with Crippen molar-refractivity contribution in [2.24, 2.45) is 11.5 Å². The molecule has 8 nitrogen and oxygen atoms in total. The zero-order valence-corrected chi connectivity index (χ0v) is 14.4. The Morgan fingerprint density at radius 2 is 1.05 bits per heavy atom. The number of nitrogens with one attached hydrogen (secondary N) is 2. The molecular formula is C12H18Cu2N6O2. The number of hydrogen-bond donors (Lipinski definition) is 4. The van der Waals surface area contributed by atoms with E-state index >= 15 is 0 Å². The van der Waals surface area contributed by atoms with E-state index in [9.17, 15) is 9.59 Å². The van der Waals surface area contributed by atoms with Crippen molar-refractivity contribution in [2.75, 3.05) is 0 Å². The number of carbonyl (C=O) groups excluding carboxylic acids is 2. The minimum atomic E-state index is -0.484. The van der Waals surface area contributed by atoms with Crippen LogP contribution < -0.4 is 11.5 Å². The van der Waals surface area contributed by atoms with Gasteiger partial charge in [0, 0.05) is 56.7 Å². The number of aromatic amines is 2. The van der Waals surface area contributed by atoms with E-state index in [1.165, 1.54) is 0 Å². The summed E-state index contributed by atoms with van der Waals surface area (Å²) in [7, 11) is 0. The first-order valence-corrected chi connectivity index (χ1v) is 5.88. The van der Waals surface area contributed by atoms with E-state index in [0.717, 1.165) is 22.5 Å². The summed E-state index contributed by atoms with van der Waals surface area (Å²) in [6.07, 6.45) is 0. The fourth-order valence-electron chi connectivity index (χ4n) is 1.45. The van der Waals surface area contributed by atoms with E-state index in [2.05, 4.69) is 20.4 Å². The number of primary amides is 2. The monoisotopic (exact) mass is 404 g/mol. The summed E-state index contributed by atoms with van der Waals surface area (Å²) < 4.78 is 0. The van der Waals surface area contributed by atoms with Crippen molar-refractivity contribution in [2.45, 2.75) is 27.7 Å². The fraction of sp³-hybridized carbons (Fsp3) is 0.333. The van der Waals surface area contributed by atoms with Gasteiger partial charge in [0.15, 0.2) is 11.4 Å². The predicted octanol–water partition coefficient (Wildman–Crippen LogP) is 0.246. The van der Waals surface area contributed by atoms with Crippen LogP contribution in [0.15, 0.2) is 0 Å². The maximum absolute atomic E-state index is 10.6. The quantitative estimate of drug-likeness (QED) is 0.531. The van der Waals surface area contributed by atoms with Crippen LogP contribution in [0.25, 0.3) is 0 Å². The van der Waals surface area contributed by atoms with Crippen molar-refractivity contribution in [3.8, 4) is 0 Å². The van der Waals surface area contributed by atoms with Gasteiger partial charge in [-0.2, -0.15) is 10.2 Å². The minimum absolute atomic E-state index is 0. The molecule has 2 rings (SSSR count). The maximum atomic E-state index is 10.6. The summed E-state index contributed by atoms with van der Waals surface area (Å²) in [4.78, 5) is 21.1. The molecule has 0 aromatic carbocycles. The molecule has 2 heterocycles. The molecule has 0 aliphatic carbocycles. The van der Waals surface area contributed by atoms with Gasteiger partial charge in [-0.25, -0.2) is 0 Å². The van der Waals surface area contributed by atoms with Gasteiger partial charge >= 0.3 is 0 Å². The number of amides is 2. The second-order valence-corrected chi connectivity index (χ2v) is 4.37. The maximum Gasteiger partial charge on any atom is 0.269 e. The van der Waals surface area contributed by atoms with Crippen LogP contribution in [0.3, 0.4) is 0 Å². The van der Waals surface area contributed by atoms with Gasteiger partial charge in [0.1, 0.15) is 0 Å². The number of aryl methyl sites for hydroxylation is 2. The number of nitrogens with zero attached hydrogens (tertiary/aromatic N) is 2. The molecule has 2 amide bonds. The summed E-state index contributed by atoms with van der Waals surface area (Å²) in [6.45, 7) is 7.29. The van der Waals surface area contributed by atoms with Gasteiger partial charge in [-0.15, -0.1) is 0 Å². The minimum Gasteiger partial charge on any atom is -0.364 e. The van der Waals surface area contributed by atoms with E-state index in [1.54, 1.807) is 13.8 Å². The van der Waals surface area contributed by atoms with Crippen LogP contribution in [0.1, 0.15) is 43.5 Å². The SMILES string of the molecule is Cc1[nH]nc(C(N)=O)c1C.Cc1[nH]nc(C(N)=O)c1C.[Cu].[Cu]. The Morgan fingerprint density at radius 3 is 1.14 bits per heavy atom. The van der Waals surface area contributed by atoms with Crippen LogP contribution in [0.4, 0.5) is 0 Å². The average molecular weight is 405 g/mol. The number of rotatable bonds is 2. The van der Waals surface area contributed by atoms with Crippen LogP contribution in [0.5, 0.6) is 0 Å². The van der Waals surface area contributed by atoms with Crippen LogP contribution >= 0.6 is 0 Å². The summed E-state index contributed by atoms with van der Waals surface area (Å²) >= 11 is 0. The second-order valence-electron chi connectivity index (χ2n) is 4.37. The molecule has 130 valence electrons. The molecule has 6 N–H and O–H groups in total. The molecular weight excluding hydrogens is 387 g/mol. The third-order valence-electron chi connectivity index (χ3n) is 2.97. The zero-order valence-electron chi connectivity index (χ0n) is 12.5. The Bertz CT molecular complexity index is 594. The van der Waals surface area contributed by atoms with E-state index in [-0.39, 0.29) is 34.1 Å². The molecule has 0 fully saturated rings. The summed E-state index contributed by atoms with van der Waals surface area (Å²) in [5, 5.41) is 12.8. The third-order valence-corrected chi connectivity index (χ3v) is 2.97. The smallest absolute Gasteiger partial charge is 0.269 e. The van der Waals surface area contributed by atoms with Gasteiger partial charge in [-0.05, 0) is 27.7 Å². The molecule has 0 saturated heterocycles. The first kappa shape index (κ1) is 22.7. The largest absolute Gasteiger partial charge is 0.364 e. The number of H-pyrrole nitrogens is 2. The Morgan fingerprint density at radius 1 is 0.773 bits per heavy atom. The summed E-state index contributed by atoms with van der Waals surface area (Å²) in [6, 6.07) is 0. The Kier molecular flexibility index (Phi) is 9.71. The fourth-order valence-corrected chi connectivity index (χ4v) is 1.45. The average Bonchev–Trinajstić information content (AvgIpc) is 2.86. The normalized spacial score (nSPS) is 8.91. The molecule has 0 unspecified atom stereocenters. The third kappa shape index (κ3) is 5.31. The molecule has 2 aromatic rings. The molecule has 0 spiro atoms. The topological polar surface area (TPSA) is 144 Å². The summed E-state index contributed by atoms with van der Waals surface area (Å²) in [5.74, 6) is -0.969. The van der Waals surface area contributed by atoms with Crippen molar-refractivity contribution in [1.82, 2.24) is 20.4 Å². The molecule has 2 aromatic heterocycles. The number of aromatic nitrogens is 4. The van der Waals surface area contributed by atoms with E-state index in [1.807, 2.05) is 13.8 Å². The molecule has 0 aliphatic rings. The number of carbonyl (C=O) groups is 2. The van der Waals surface area contributed by atoms with Gasteiger partial charge in [0.05, 0.1) is 0 Å². The molecule has 0 atom stereocenters. The molecule has 0 bridgehead atoms. The molecule has 22 heavy (non-hydrogen) atoms. The Labute approximate surface area is 149 Å². The van der Waals surface area contributed by atoms with E-state index < -0.39 is 11.8 Å². The first-order chi connectivity index (χ1) is 9.25. The Balaban J connectivity index is 0. The zero-order chi connectivity index (χ0) is 15.4. The molecule has 0 saturated carbocycles. The Hall–Kier alpha value is -1.60. The summed E-state index contributed by atoms with van der Waals surface area (Å²) in [5.41, 5.74) is 14.1. The second kappa shape index (κ2) is 9.42. The van der Waals surface area contributed by atoms with Gasteiger partial charge in [-0.3, -0.25) is 19.8 Å². The standard InChI is InChI=1S/2C6H9N3O.2Cu/c2*1-3-4(2)8-9-5(3)6(7)10;;/h2*1-2H3,(H2,7,10)(H,8,9);;. The van der Waals surface area contributed by atoms with Crippen LogP contribution in [0.2, 0.25) is 0 Å². The van der Waals surface area contributed by atoms with Crippen molar-refractivity contribution >= 4 is 11.8 Å². The van der Waals surface area contributed by atoms with Crippen molar-refractivity contribution in [3.63, 3.8) is 0 Å². The van der Waals surface area contributed by atoms with Crippen LogP contribution in [0, 0.1) is 27.7 Å². The van der Waals surface area contributed by atoms with E-state index in [0.29, 0.717) is 11.4 Å². The predicted molar refractivity (Wildman–Crippen MR) is 73.2 cm³/mol. The first-order valence-electron chi connectivity index (χ1n) is 5.88. The van der Waals surface area contributed by atoms with Crippen molar-refractivity contribution < 1.29 is 43.7 Å². The molecule has 0 aliphatic heterocycles. The van der Waals surface area contributed by atoms with E-state index in [4.69, 9.17) is 11.5 Å². The van der Waals surface area contributed by atoms with Gasteiger partial charge < -0.3 is 11.5 Å². The molecule has 2 radical (unpaired) electrons. The molecule has 10 heteroatoms.